The molecular formula is C12H22N2O2. The van der Waals surface area contributed by atoms with E-state index >= 15 is 0 Å². The van der Waals surface area contributed by atoms with Gasteiger partial charge in [0.25, 0.3) is 0 Å². The minimum absolute atomic E-state index is 0.0816. The Balaban J connectivity index is 2.33. The van der Waals surface area contributed by atoms with E-state index in [0.717, 1.165) is 19.4 Å². The predicted octanol–water partition coefficient (Wildman–Crippen LogP) is 1.30. The van der Waals surface area contributed by atoms with Crippen molar-refractivity contribution >= 4 is 0 Å². The van der Waals surface area contributed by atoms with Gasteiger partial charge in [-0.1, -0.05) is 13.3 Å². The van der Waals surface area contributed by atoms with Crippen molar-refractivity contribution in [1.29, 1.82) is 0 Å². The third kappa shape index (κ3) is 4.35. The number of aliphatic hydroxyl groups is 1. The lowest BCUT2D eigenvalue weighted by Crippen LogP contribution is -2.09. The summed E-state index contributed by atoms with van der Waals surface area (Å²) in [6.07, 6.45) is 6.22. The summed E-state index contributed by atoms with van der Waals surface area (Å²) in [5.74, 6) is 0. The van der Waals surface area contributed by atoms with E-state index in [4.69, 9.17) is 15.6 Å². The van der Waals surface area contributed by atoms with E-state index in [1.165, 1.54) is 5.56 Å². The first kappa shape index (κ1) is 13.2. The zero-order valence-electron chi connectivity index (χ0n) is 9.93. The average Bonchev–Trinajstić information content (AvgIpc) is 2.73. The molecule has 0 amide bonds. The van der Waals surface area contributed by atoms with E-state index in [1.807, 2.05) is 6.20 Å². The SMILES string of the molecule is CCCC(N)c1ccn(CCOCCO)c1. The van der Waals surface area contributed by atoms with Crippen LogP contribution in [0, 0.1) is 0 Å². The lowest BCUT2D eigenvalue weighted by Gasteiger charge is -2.07. The van der Waals surface area contributed by atoms with E-state index in [9.17, 15) is 0 Å². The van der Waals surface area contributed by atoms with Crippen molar-refractivity contribution in [3.63, 3.8) is 0 Å². The molecule has 1 heterocycles. The Hall–Kier alpha value is -0.840. The molecular weight excluding hydrogens is 204 g/mol. The van der Waals surface area contributed by atoms with Crippen molar-refractivity contribution in [2.24, 2.45) is 5.73 Å². The molecule has 0 spiro atoms. The molecule has 4 heteroatoms. The van der Waals surface area contributed by atoms with Crippen molar-refractivity contribution in [2.75, 3.05) is 19.8 Å². The summed E-state index contributed by atoms with van der Waals surface area (Å²) in [5.41, 5.74) is 7.20. The smallest absolute Gasteiger partial charge is 0.0698 e. The van der Waals surface area contributed by atoms with Gasteiger partial charge in [-0.3, -0.25) is 0 Å². The molecule has 0 aliphatic rings. The highest BCUT2D eigenvalue weighted by molar-refractivity contribution is 5.14. The van der Waals surface area contributed by atoms with E-state index in [1.54, 1.807) is 0 Å². The highest BCUT2D eigenvalue weighted by atomic mass is 16.5. The quantitative estimate of drug-likeness (QED) is 0.657. The van der Waals surface area contributed by atoms with Gasteiger partial charge in [-0.25, -0.2) is 0 Å². The normalized spacial score (nSPS) is 12.9. The van der Waals surface area contributed by atoms with E-state index in [-0.39, 0.29) is 12.6 Å². The Kier molecular flexibility index (Phi) is 6.15. The van der Waals surface area contributed by atoms with Gasteiger partial charge in [0.05, 0.1) is 19.8 Å². The molecule has 0 aliphatic carbocycles. The van der Waals surface area contributed by atoms with Crippen molar-refractivity contribution in [3.8, 4) is 0 Å². The van der Waals surface area contributed by atoms with Crippen LogP contribution in [0.2, 0.25) is 0 Å². The van der Waals surface area contributed by atoms with Gasteiger partial charge in [-0.05, 0) is 18.1 Å². The zero-order chi connectivity index (χ0) is 11.8. The first-order valence-corrected chi connectivity index (χ1v) is 5.87. The lowest BCUT2D eigenvalue weighted by atomic mass is 10.1. The van der Waals surface area contributed by atoms with Crippen LogP contribution in [-0.2, 0) is 11.3 Å². The minimum atomic E-state index is 0.0816. The second kappa shape index (κ2) is 7.44. The average molecular weight is 226 g/mol. The summed E-state index contributed by atoms with van der Waals surface area (Å²) in [6.45, 7) is 4.05. The molecule has 1 unspecified atom stereocenters. The molecule has 4 nitrogen and oxygen atoms in total. The molecule has 1 atom stereocenters. The highest BCUT2D eigenvalue weighted by Crippen LogP contribution is 2.15. The van der Waals surface area contributed by atoms with Crippen LogP contribution in [0.5, 0.6) is 0 Å². The monoisotopic (exact) mass is 226 g/mol. The maximum Gasteiger partial charge on any atom is 0.0698 e. The van der Waals surface area contributed by atoms with Crippen LogP contribution in [0.3, 0.4) is 0 Å². The standard InChI is InChI=1S/C12H22N2O2/c1-2-3-12(13)11-4-5-14(10-11)6-8-16-9-7-15/h4-5,10,12,15H,2-3,6-9,13H2,1H3. The molecule has 0 saturated carbocycles. The van der Waals surface area contributed by atoms with Gasteiger partial charge < -0.3 is 20.1 Å². The number of nitrogens with zero attached hydrogens (tertiary/aromatic N) is 1. The Morgan fingerprint density at radius 3 is 3.00 bits per heavy atom. The van der Waals surface area contributed by atoms with Crippen molar-refractivity contribution in [2.45, 2.75) is 32.4 Å². The summed E-state index contributed by atoms with van der Waals surface area (Å²) in [6, 6.07) is 2.21. The van der Waals surface area contributed by atoms with E-state index in [2.05, 4.69) is 23.8 Å². The topological polar surface area (TPSA) is 60.4 Å². The third-order valence-corrected chi connectivity index (χ3v) is 2.53. The van der Waals surface area contributed by atoms with Crippen LogP contribution in [0.4, 0.5) is 0 Å². The van der Waals surface area contributed by atoms with Gasteiger partial charge >= 0.3 is 0 Å². The Morgan fingerprint density at radius 2 is 2.31 bits per heavy atom. The predicted molar refractivity (Wildman–Crippen MR) is 64.2 cm³/mol. The van der Waals surface area contributed by atoms with Gasteiger partial charge in [0.1, 0.15) is 0 Å². The summed E-state index contributed by atoms with van der Waals surface area (Å²) in [4.78, 5) is 0. The largest absolute Gasteiger partial charge is 0.394 e. The summed E-state index contributed by atoms with van der Waals surface area (Å²) < 4.78 is 7.27. The maximum absolute atomic E-state index is 8.55. The molecule has 3 N–H and O–H groups in total. The first-order valence-electron chi connectivity index (χ1n) is 5.87. The zero-order valence-corrected chi connectivity index (χ0v) is 9.93. The Labute approximate surface area is 97.0 Å². The van der Waals surface area contributed by atoms with Gasteiger partial charge in [0.2, 0.25) is 0 Å². The summed E-state index contributed by atoms with van der Waals surface area (Å²) >= 11 is 0. The summed E-state index contributed by atoms with van der Waals surface area (Å²) in [7, 11) is 0. The van der Waals surface area contributed by atoms with Gasteiger partial charge in [0, 0.05) is 25.0 Å². The van der Waals surface area contributed by atoms with Crippen LogP contribution >= 0.6 is 0 Å². The number of aliphatic hydroxyl groups excluding tert-OH is 1. The molecule has 1 aromatic heterocycles. The molecule has 1 aromatic rings. The molecule has 1 rings (SSSR count). The fraction of sp³-hybridized carbons (Fsp3) is 0.667. The second-order valence-corrected chi connectivity index (χ2v) is 3.91. The van der Waals surface area contributed by atoms with Crippen LogP contribution < -0.4 is 5.73 Å². The van der Waals surface area contributed by atoms with E-state index in [0.29, 0.717) is 13.2 Å². The molecule has 0 aromatic carbocycles. The Bertz CT molecular complexity index is 286. The first-order chi connectivity index (χ1) is 7.77. The fourth-order valence-electron chi connectivity index (χ4n) is 1.63. The number of nitrogens with two attached hydrogens (primary N) is 1. The summed E-state index contributed by atoms with van der Waals surface area (Å²) in [5, 5.41) is 8.55. The van der Waals surface area contributed by atoms with Crippen LogP contribution in [0.15, 0.2) is 18.5 Å². The third-order valence-electron chi connectivity index (χ3n) is 2.53. The number of ether oxygens (including phenoxy) is 1. The number of hydrogen-bond donors (Lipinski definition) is 2. The molecule has 0 aliphatic heterocycles. The van der Waals surface area contributed by atoms with Crippen molar-refractivity contribution in [3.05, 3.63) is 24.0 Å². The fourth-order valence-corrected chi connectivity index (χ4v) is 1.63. The van der Waals surface area contributed by atoms with Gasteiger partial charge in [-0.15, -0.1) is 0 Å². The van der Waals surface area contributed by atoms with E-state index < -0.39 is 0 Å². The minimum Gasteiger partial charge on any atom is -0.394 e. The molecule has 92 valence electrons. The Morgan fingerprint density at radius 1 is 1.50 bits per heavy atom. The molecule has 16 heavy (non-hydrogen) atoms. The van der Waals surface area contributed by atoms with Crippen LogP contribution in [0.1, 0.15) is 31.4 Å². The molecule has 0 radical (unpaired) electrons. The number of aromatic nitrogens is 1. The molecule has 0 bridgehead atoms. The number of rotatable bonds is 8. The highest BCUT2D eigenvalue weighted by Gasteiger charge is 2.05. The van der Waals surface area contributed by atoms with Crippen LogP contribution in [0.25, 0.3) is 0 Å². The number of hydrogen-bond acceptors (Lipinski definition) is 3. The lowest BCUT2D eigenvalue weighted by molar-refractivity contribution is 0.0870. The van der Waals surface area contributed by atoms with Crippen molar-refractivity contribution < 1.29 is 9.84 Å². The van der Waals surface area contributed by atoms with Crippen molar-refractivity contribution in [1.82, 2.24) is 4.57 Å². The van der Waals surface area contributed by atoms with Crippen LogP contribution in [-0.4, -0.2) is 29.5 Å². The van der Waals surface area contributed by atoms with Gasteiger partial charge in [-0.2, -0.15) is 0 Å². The molecule has 0 saturated heterocycles. The maximum atomic E-state index is 8.55. The van der Waals surface area contributed by atoms with Gasteiger partial charge in [0.15, 0.2) is 0 Å². The molecule has 0 fully saturated rings. The second-order valence-electron chi connectivity index (χ2n) is 3.91.